The zero-order chi connectivity index (χ0) is 11.1. The molecule has 82 valence electrons. The molecule has 1 aromatic rings. The Labute approximate surface area is 90.9 Å². The van der Waals surface area contributed by atoms with E-state index in [1.54, 1.807) is 6.26 Å². The van der Waals surface area contributed by atoms with Gasteiger partial charge in [0.15, 0.2) is 0 Å². The van der Waals surface area contributed by atoms with Gasteiger partial charge < -0.3 is 9.15 Å². The molecular weight excluding hydrogens is 188 g/mol. The molecule has 1 aliphatic rings. The summed E-state index contributed by atoms with van der Waals surface area (Å²) in [7, 11) is 0. The van der Waals surface area contributed by atoms with Crippen molar-refractivity contribution >= 4 is 0 Å². The predicted molar refractivity (Wildman–Crippen MR) is 59.7 cm³/mol. The number of aryl methyl sites for hydroxylation is 1. The first-order valence-corrected chi connectivity index (χ1v) is 5.40. The third kappa shape index (κ3) is 1.86. The lowest BCUT2D eigenvalue weighted by Crippen LogP contribution is -2.21. The highest BCUT2D eigenvalue weighted by Gasteiger charge is 2.38. The standard InChI is InChI=1S/C13H18O2/c1-9(2)12-5-6-13(4,15-12)11-7-10(3)14-8-11/h7-8,12H,1,5-6H2,2-4H3. The highest BCUT2D eigenvalue weighted by atomic mass is 16.5. The van der Waals surface area contributed by atoms with E-state index in [1.807, 2.05) is 13.8 Å². The Kier molecular flexibility index (Phi) is 2.47. The molecule has 2 atom stereocenters. The lowest BCUT2D eigenvalue weighted by atomic mass is 9.95. The van der Waals surface area contributed by atoms with E-state index in [1.165, 1.54) is 0 Å². The first-order valence-electron chi connectivity index (χ1n) is 5.40. The molecule has 0 saturated carbocycles. The van der Waals surface area contributed by atoms with Crippen molar-refractivity contribution in [3.63, 3.8) is 0 Å². The van der Waals surface area contributed by atoms with Crippen molar-refractivity contribution in [3.8, 4) is 0 Å². The second-order valence-electron chi connectivity index (χ2n) is 4.67. The van der Waals surface area contributed by atoms with Crippen LogP contribution < -0.4 is 0 Å². The molecule has 0 spiro atoms. The van der Waals surface area contributed by atoms with Crippen LogP contribution >= 0.6 is 0 Å². The third-order valence-electron chi connectivity index (χ3n) is 3.18. The van der Waals surface area contributed by atoms with Crippen LogP contribution in [0.15, 0.2) is 28.9 Å². The van der Waals surface area contributed by atoms with E-state index >= 15 is 0 Å². The summed E-state index contributed by atoms with van der Waals surface area (Å²) < 4.78 is 11.4. The van der Waals surface area contributed by atoms with Gasteiger partial charge in [-0.15, -0.1) is 0 Å². The molecule has 2 unspecified atom stereocenters. The number of rotatable bonds is 2. The quantitative estimate of drug-likeness (QED) is 0.690. The van der Waals surface area contributed by atoms with Crippen molar-refractivity contribution in [3.05, 3.63) is 35.8 Å². The zero-order valence-electron chi connectivity index (χ0n) is 9.67. The Balaban J connectivity index is 2.19. The highest BCUT2D eigenvalue weighted by molar-refractivity contribution is 5.22. The van der Waals surface area contributed by atoms with Crippen LogP contribution in [0.1, 0.15) is 38.0 Å². The van der Waals surface area contributed by atoms with Crippen molar-refractivity contribution in [1.29, 1.82) is 0 Å². The van der Waals surface area contributed by atoms with Gasteiger partial charge in [-0.05, 0) is 39.7 Å². The van der Waals surface area contributed by atoms with E-state index in [4.69, 9.17) is 9.15 Å². The number of furan rings is 1. The van der Waals surface area contributed by atoms with E-state index < -0.39 is 0 Å². The monoisotopic (exact) mass is 206 g/mol. The Morgan fingerprint density at radius 2 is 2.33 bits per heavy atom. The molecule has 0 aromatic carbocycles. The summed E-state index contributed by atoms with van der Waals surface area (Å²) in [5.74, 6) is 0.939. The first kappa shape index (κ1) is 10.5. The van der Waals surface area contributed by atoms with Crippen molar-refractivity contribution < 1.29 is 9.15 Å². The summed E-state index contributed by atoms with van der Waals surface area (Å²) in [5.41, 5.74) is 2.06. The van der Waals surface area contributed by atoms with Gasteiger partial charge in [0.25, 0.3) is 0 Å². The molecule has 2 heteroatoms. The number of ether oxygens (including phenoxy) is 1. The molecule has 0 N–H and O–H groups in total. The smallest absolute Gasteiger partial charge is 0.101 e. The van der Waals surface area contributed by atoms with Gasteiger partial charge in [0.05, 0.1) is 18.0 Å². The molecule has 1 aromatic heterocycles. The van der Waals surface area contributed by atoms with Crippen LogP contribution in [0.4, 0.5) is 0 Å². The van der Waals surface area contributed by atoms with Crippen molar-refractivity contribution in [2.45, 2.75) is 45.3 Å². The maximum atomic E-state index is 6.05. The zero-order valence-corrected chi connectivity index (χ0v) is 9.67. The van der Waals surface area contributed by atoms with Gasteiger partial charge in [-0.25, -0.2) is 0 Å². The average molecular weight is 206 g/mol. The van der Waals surface area contributed by atoms with Crippen LogP contribution in [0.5, 0.6) is 0 Å². The molecular formula is C13H18O2. The van der Waals surface area contributed by atoms with E-state index in [-0.39, 0.29) is 11.7 Å². The van der Waals surface area contributed by atoms with Gasteiger partial charge in [0.2, 0.25) is 0 Å². The molecule has 0 bridgehead atoms. The fraction of sp³-hybridized carbons (Fsp3) is 0.538. The Bertz CT molecular complexity index is 378. The summed E-state index contributed by atoms with van der Waals surface area (Å²) in [4.78, 5) is 0. The lowest BCUT2D eigenvalue weighted by molar-refractivity contribution is -0.0177. The van der Waals surface area contributed by atoms with Gasteiger partial charge in [-0.1, -0.05) is 12.2 Å². The minimum atomic E-state index is -0.193. The summed E-state index contributed by atoms with van der Waals surface area (Å²) in [6.45, 7) is 10.1. The summed E-state index contributed by atoms with van der Waals surface area (Å²) in [6.07, 6.45) is 4.08. The molecule has 0 aliphatic carbocycles. The summed E-state index contributed by atoms with van der Waals surface area (Å²) >= 11 is 0. The van der Waals surface area contributed by atoms with E-state index in [0.717, 1.165) is 29.7 Å². The van der Waals surface area contributed by atoms with E-state index in [2.05, 4.69) is 19.6 Å². The topological polar surface area (TPSA) is 22.4 Å². The summed E-state index contributed by atoms with van der Waals surface area (Å²) in [6, 6.07) is 2.06. The number of hydrogen-bond donors (Lipinski definition) is 0. The fourth-order valence-electron chi connectivity index (χ4n) is 2.12. The van der Waals surface area contributed by atoms with Gasteiger partial charge in [0, 0.05) is 5.56 Å². The maximum Gasteiger partial charge on any atom is 0.101 e. The molecule has 0 radical (unpaired) electrons. The first-order chi connectivity index (χ1) is 7.01. The van der Waals surface area contributed by atoms with Gasteiger partial charge in [-0.3, -0.25) is 0 Å². The van der Waals surface area contributed by atoms with Gasteiger partial charge >= 0.3 is 0 Å². The normalized spacial score (nSPS) is 30.7. The second-order valence-corrected chi connectivity index (χ2v) is 4.67. The Hall–Kier alpha value is -1.02. The van der Waals surface area contributed by atoms with Gasteiger partial charge in [0.1, 0.15) is 5.76 Å². The van der Waals surface area contributed by atoms with Crippen LogP contribution in [0.25, 0.3) is 0 Å². The van der Waals surface area contributed by atoms with Crippen molar-refractivity contribution in [2.75, 3.05) is 0 Å². The van der Waals surface area contributed by atoms with Crippen LogP contribution in [0, 0.1) is 6.92 Å². The van der Waals surface area contributed by atoms with Crippen LogP contribution in [-0.2, 0) is 10.3 Å². The second kappa shape index (κ2) is 3.53. The SMILES string of the molecule is C=C(C)C1CCC(C)(c2coc(C)c2)O1. The Morgan fingerprint density at radius 1 is 1.60 bits per heavy atom. The highest BCUT2D eigenvalue weighted by Crippen LogP contribution is 2.41. The van der Waals surface area contributed by atoms with Gasteiger partial charge in [-0.2, -0.15) is 0 Å². The van der Waals surface area contributed by atoms with Crippen LogP contribution in [0.3, 0.4) is 0 Å². The van der Waals surface area contributed by atoms with Crippen LogP contribution in [-0.4, -0.2) is 6.10 Å². The third-order valence-corrected chi connectivity index (χ3v) is 3.18. The molecule has 2 nitrogen and oxygen atoms in total. The van der Waals surface area contributed by atoms with Crippen LogP contribution in [0.2, 0.25) is 0 Å². The molecule has 2 heterocycles. The summed E-state index contributed by atoms with van der Waals surface area (Å²) in [5, 5.41) is 0. The minimum Gasteiger partial charge on any atom is -0.469 e. The predicted octanol–water partition coefficient (Wildman–Crippen LogP) is 3.56. The van der Waals surface area contributed by atoms with E-state index in [0.29, 0.717) is 0 Å². The molecule has 0 amide bonds. The molecule has 15 heavy (non-hydrogen) atoms. The fourth-order valence-corrected chi connectivity index (χ4v) is 2.12. The molecule has 2 rings (SSSR count). The van der Waals surface area contributed by atoms with E-state index in [9.17, 15) is 0 Å². The molecule has 1 saturated heterocycles. The van der Waals surface area contributed by atoms with Crippen molar-refractivity contribution in [2.24, 2.45) is 0 Å². The maximum absolute atomic E-state index is 6.05. The van der Waals surface area contributed by atoms with Crippen molar-refractivity contribution in [1.82, 2.24) is 0 Å². The Morgan fingerprint density at radius 3 is 2.80 bits per heavy atom. The molecule has 1 aliphatic heterocycles. The molecule has 1 fully saturated rings. The lowest BCUT2D eigenvalue weighted by Gasteiger charge is -2.23. The number of hydrogen-bond acceptors (Lipinski definition) is 2. The average Bonchev–Trinajstić information content (AvgIpc) is 2.73. The minimum absolute atomic E-state index is 0.193. The largest absolute Gasteiger partial charge is 0.469 e.